The number of aliphatic imine (C=N–C) groups is 1. The number of sulfonamides is 1. The molecule has 0 spiro atoms. The second-order valence-corrected chi connectivity index (χ2v) is 16.2. The SMILES string of the molecule is Cc1c(C)c(S(=O)(=O)NC(N)=NCCC[C@@H]2NC(=O)CCNC(=O)c3cc(ccc3[N+](=O)[O-])NCCN(CC(N)=O)C(=O)[C@H](C)NC2=O)c(C)c2c1OC(C)(C)C2. The Bertz CT molecular complexity index is 2100. The standard InChI is InChI=1S/C36H50N10O10S/c1-19-20(2)31(21(3)25-17-36(5,6)56-30(19)25)57(54,55)44-35(38)41-12-7-8-26-33(50)42-22(4)34(51)45(18-28(37)47)15-14-39-23-9-10-27(46(52)53)24(16-23)32(49)40-13-11-29(48)43-26/h9-10,16,22,26,39H,7-8,11-15,17-18H2,1-6H3,(H2,37,47)(H,40,49)(H,42,50)(H,43,48)(H3,38,41,44)/t22-,26-/m0/s1. The molecule has 2 aliphatic rings. The van der Waals surface area contributed by atoms with Crippen LogP contribution in [-0.4, -0.2) is 104 Å². The minimum atomic E-state index is -4.18. The average molecular weight is 815 g/mol. The largest absolute Gasteiger partial charge is 0.487 e. The van der Waals surface area contributed by atoms with Crippen LogP contribution in [0.1, 0.15) is 72.6 Å². The zero-order valence-electron chi connectivity index (χ0n) is 32.7. The van der Waals surface area contributed by atoms with Gasteiger partial charge in [0.05, 0.1) is 16.4 Å². The fraction of sp³-hybridized carbons (Fsp3) is 0.500. The predicted molar refractivity (Wildman–Crippen MR) is 209 cm³/mol. The van der Waals surface area contributed by atoms with Crippen molar-refractivity contribution in [2.24, 2.45) is 16.5 Å². The number of guanidine groups is 1. The van der Waals surface area contributed by atoms with Crippen LogP contribution in [0, 0.1) is 30.9 Å². The Morgan fingerprint density at radius 1 is 1.07 bits per heavy atom. The van der Waals surface area contributed by atoms with Crippen LogP contribution in [0.3, 0.4) is 0 Å². The van der Waals surface area contributed by atoms with Gasteiger partial charge in [0.25, 0.3) is 21.6 Å². The normalized spacial score (nSPS) is 19.5. The number of hydrogen-bond donors (Lipinski definition) is 7. The van der Waals surface area contributed by atoms with Crippen LogP contribution < -0.4 is 42.2 Å². The third-order valence-electron chi connectivity index (χ3n) is 9.56. The van der Waals surface area contributed by atoms with E-state index < -0.39 is 80.4 Å². The summed E-state index contributed by atoms with van der Waals surface area (Å²) in [5.74, 6) is -3.46. The molecular formula is C36H50N10O10S. The summed E-state index contributed by atoms with van der Waals surface area (Å²) in [5.41, 5.74) is 13.0. The summed E-state index contributed by atoms with van der Waals surface area (Å²) >= 11 is 0. The Hall–Kier alpha value is -5.99. The number of fused-ring (bicyclic) bond motifs is 3. The minimum absolute atomic E-state index is 0.0382. The third kappa shape index (κ3) is 10.9. The van der Waals surface area contributed by atoms with E-state index in [1.165, 1.54) is 19.1 Å². The highest BCUT2D eigenvalue weighted by molar-refractivity contribution is 7.90. The van der Waals surface area contributed by atoms with Crippen molar-refractivity contribution in [2.45, 2.75) is 89.8 Å². The van der Waals surface area contributed by atoms with E-state index in [2.05, 4.69) is 31.0 Å². The fourth-order valence-electron chi connectivity index (χ4n) is 6.71. The lowest BCUT2D eigenvalue weighted by molar-refractivity contribution is -0.385. The van der Waals surface area contributed by atoms with E-state index in [0.717, 1.165) is 16.5 Å². The average Bonchev–Trinajstić information content (AvgIpc) is 3.45. The Labute approximate surface area is 330 Å². The van der Waals surface area contributed by atoms with Gasteiger partial charge in [0, 0.05) is 56.3 Å². The van der Waals surface area contributed by atoms with E-state index in [-0.39, 0.29) is 55.9 Å². The van der Waals surface area contributed by atoms with Gasteiger partial charge >= 0.3 is 0 Å². The van der Waals surface area contributed by atoms with Crippen LogP contribution in [0.5, 0.6) is 5.75 Å². The van der Waals surface area contributed by atoms with Crippen molar-refractivity contribution in [1.82, 2.24) is 25.6 Å². The second-order valence-electron chi connectivity index (χ2n) is 14.6. The van der Waals surface area contributed by atoms with Gasteiger partial charge in [0.2, 0.25) is 29.6 Å². The van der Waals surface area contributed by atoms with Crippen molar-refractivity contribution in [2.75, 3.05) is 38.0 Å². The molecule has 0 radical (unpaired) electrons. The van der Waals surface area contributed by atoms with Crippen LogP contribution in [0.15, 0.2) is 28.1 Å². The Morgan fingerprint density at radius 3 is 2.44 bits per heavy atom. The first-order chi connectivity index (χ1) is 26.6. The van der Waals surface area contributed by atoms with Gasteiger partial charge in [-0.2, -0.15) is 0 Å². The van der Waals surface area contributed by atoms with Crippen LogP contribution >= 0.6 is 0 Å². The molecule has 9 N–H and O–H groups in total. The molecule has 0 aromatic heterocycles. The molecule has 4 rings (SSSR count). The number of hydrogen-bond acceptors (Lipinski definition) is 12. The van der Waals surface area contributed by atoms with Crippen molar-refractivity contribution in [3.05, 3.63) is 56.1 Å². The van der Waals surface area contributed by atoms with E-state index in [0.29, 0.717) is 34.5 Å². The van der Waals surface area contributed by atoms with Gasteiger partial charge in [-0.25, -0.2) is 13.1 Å². The number of nitro benzene ring substituents is 1. The molecule has 310 valence electrons. The highest BCUT2D eigenvalue weighted by Crippen LogP contribution is 2.43. The number of benzene rings is 2. The monoisotopic (exact) mass is 814 g/mol. The molecule has 57 heavy (non-hydrogen) atoms. The highest BCUT2D eigenvalue weighted by Gasteiger charge is 2.37. The smallest absolute Gasteiger partial charge is 0.282 e. The van der Waals surface area contributed by atoms with Crippen molar-refractivity contribution in [3.8, 4) is 5.75 Å². The second kappa shape index (κ2) is 17.9. The maximum atomic E-state index is 13.6. The molecule has 0 saturated carbocycles. The van der Waals surface area contributed by atoms with E-state index in [1.54, 1.807) is 20.8 Å². The lowest BCUT2D eigenvalue weighted by atomic mass is 9.94. The molecule has 5 amide bonds. The number of rotatable bonds is 9. The first-order valence-electron chi connectivity index (χ1n) is 18.2. The summed E-state index contributed by atoms with van der Waals surface area (Å²) < 4.78 is 35.6. The third-order valence-corrected chi connectivity index (χ3v) is 11.2. The van der Waals surface area contributed by atoms with Gasteiger partial charge in [-0.1, -0.05) is 0 Å². The Morgan fingerprint density at radius 2 is 1.77 bits per heavy atom. The first-order valence-corrected chi connectivity index (χ1v) is 19.7. The number of primary amides is 1. The van der Waals surface area contributed by atoms with E-state index in [1.807, 2.05) is 13.8 Å². The van der Waals surface area contributed by atoms with Crippen LogP contribution in [0.25, 0.3) is 0 Å². The van der Waals surface area contributed by atoms with Crippen molar-refractivity contribution in [1.29, 1.82) is 0 Å². The van der Waals surface area contributed by atoms with Crippen molar-refractivity contribution >= 4 is 56.9 Å². The van der Waals surface area contributed by atoms with Crippen LogP contribution in [-0.2, 0) is 35.6 Å². The molecule has 21 heteroatoms. The summed E-state index contributed by atoms with van der Waals surface area (Å²) in [7, 11) is -4.18. The number of carbonyl (C=O) groups is 5. The van der Waals surface area contributed by atoms with Gasteiger partial charge in [-0.3, -0.25) is 39.1 Å². The van der Waals surface area contributed by atoms with Crippen molar-refractivity contribution in [3.63, 3.8) is 0 Å². The molecule has 0 fully saturated rings. The predicted octanol–water partition coefficient (Wildman–Crippen LogP) is 0.156. The van der Waals surface area contributed by atoms with Crippen LogP contribution in [0.4, 0.5) is 11.4 Å². The Balaban J connectivity index is 1.50. The minimum Gasteiger partial charge on any atom is -0.487 e. The first kappa shape index (κ1) is 43.7. The lowest BCUT2D eigenvalue weighted by Gasteiger charge is -2.27. The fourth-order valence-corrected chi connectivity index (χ4v) is 8.24. The molecule has 2 aliphatic heterocycles. The maximum Gasteiger partial charge on any atom is 0.282 e. The van der Waals surface area contributed by atoms with E-state index >= 15 is 0 Å². The number of nitrogens with two attached hydrogens (primary N) is 2. The quantitative estimate of drug-likeness (QED) is 0.0586. The Kier molecular flexibility index (Phi) is 13.7. The van der Waals surface area contributed by atoms with Gasteiger partial charge in [-0.15, -0.1) is 0 Å². The topological polar surface area (TPSA) is 300 Å². The number of nitrogens with one attached hydrogen (secondary N) is 5. The van der Waals surface area contributed by atoms with Gasteiger partial charge in [0.1, 0.15) is 29.0 Å². The molecule has 2 aromatic carbocycles. The molecule has 2 atom stereocenters. The van der Waals surface area contributed by atoms with Crippen molar-refractivity contribution < 1.29 is 42.1 Å². The molecule has 20 nitrogen and oxygen atoms in total. The number of nitrogens with zero attached hydrogens (tertiary/aromatic N) is 3. The van der Waals surface area contributed by atoms with E-state index in [4.69, 9.17) is 16.2 Å². The highest BCUT2D eigenvalue weighted by atomic mass is 32.2. The van der Waals surface area contributed by atoms with Gasteiger partial charge < -0.3 is 42.4 Å². The molecular weight excluding hydrogens is 765 g/mol. The summed E-state index contributed by atoms with van der Waals surface area (Å²) in [6.07, 6.45) is 0.276. The summed E-state index contributed by atoms with van der Waals surface area (Å²) in [4.78, 5) is 80.9. The zero-order valence-corrected chi connectivity index (χ0v) is 33.6. The molecule has 2 aromatic rings. The molecule has 2 bridgehead atoms. The summed E-state index contributed by atoms with van der Waals surface area (Å²) in [6.45, 7) is 9.61. The summed E-state index contributed by atoms with van der Waals surface area (Å²) in [5, 5.41) is 22.2. The lowest BCUT2D eigenvalue weighted by Crippen LogP contribution is -2.55. The number of anilines is 1. The molecule has 0 aliphatic carbocycles. The summed E-state index contributed by atoms with van der Waals surface area (Å²) in [6, 6.07) is 1.36. The zero-order chi connectivity index (χ0) is 42.4. The molecule has 0 unspecified atom stereocenters. The molecule has 0 saturated heterocycles. The number of amides is 5. The number of nitro groups is 1. The van der Waals surface area contributed by atoms with Gasteiger partial charge in [-0.05, 0) is 83.2 Å². The van der Waals surface area contributed by atoms with Crippen LogP contribution in [0.2, 0.25) is 0 Å². The number of ether oxygens (including phenoxy) is 1. The van der Waals surface area contributed by atoms with Gasteiger partial charge in [0.15, 0.2) is 0 Å². The molecule has 2 heterocycles. The number of carbonyl (C=O) groups excluding carboxylic acids is 5. The van der Waals surface area contributed by atoms with E-state index in [9.17, 15) is 42.5 Å². The maximum absolute atomic E-state index is 13.6.